The van der Waals surface area contributed by atoms with E-state index in [-0.39, 0.29) is 12.0 Å². The number of carbonyl (C=O) groups excluding carboxylic acids is 1. The molecule has 3 heterocycles. The molecule has 0 spiro atoms. The average Bonchev–Trinajstić information content (AvgIpc) is 3.16. The Morgan fingerprint density at radius 2 is 2.25 bits per heavy atom. The average molecular weight is 290 g/mol. The summed E-state index contributed by atoms with van der Waals surface area (Å²) in [5, 5.41) is 1.97. The standard InChI is InChI=1S/C15H18N2O2S/c1-2-12-11-17(8-9-19-12)15(18)14-13(5-10-20-14)16-6-3-4-7-16/h3-7,10,12H,2,8-9,11H2,1H3. The first-order valence-electron chi connectivity index (χ1n) is 6.91. The number of ether oxygens (including phenoxy) is 1. The van der Waals surface area contributed by atoms with Gasteiger partial charge in [0.25, 0.3) is 5.91 Å². The van der Waals surface area contributed by atoms with Gasteiger partial charge in [0, 0.05) is 25.5 Å². The molecule has 2 aromatic rings. The van der Waals surface area contributed by atoms with Crippen LogP contribution in [0, 0.1) is 0 Å². The van der Waals surface area contributed by atoms with Crippen LogP contribution in [0.25, 0.3) is 5.69 Å². The molecule has 1 fully saturated rings. The van der Waals surface area contributed by atoms with Gasteiger partial charge in [-0.15, -0.1) is 11.3 Å². The fraction of sp³-hybridized carbons (Fsp3) is 0.400. The van der Waals surface area contributed by atoms with Gasteiger partial charge in [-0.25, -0.2) is 0 Å². The van der Waals surface area contributed by atoms with Crippen molar-refractivity contribution in [1.29, 1.82) is 0 Å². The summed E-state index contributed by atoms with van der Waals surface area (Å²) < 4.78 is 7.62. The highest BCUT2D eigenvalue weighted by Gasteiger charge is 2.26. The predicted octanol–water partition coefficient (Wildman–Crippen LogP) is 2.79. The fourth-order valence-electron chi connectivity index (χ4n) is 2.46. The zero-order valence-electron chi connectivity index (χ0n) is 11.5. The lowest BCUT2D eigenvalue weighted by molar-refractivity contribution is -0.0224. The van der Waals surface area contributed by atoms with E-state index in [1.54, 1.807) is 0 Å². The number of carbonyl (C=O) groups is 1. The number of thiophene rings is 1. The summed E-state index contributed by atoms with van der Waals surface area (Å²) >= 11 is 1.51. The Kier molecular flexibility index (Phi) is 3.89. The second kappa shape index (κ2) is 5.81. The third-order valence-electron chi connectivity index (χ3n) is 3.60. The van der Waals surface area contributed by atoms with Crippen LogP contribution in [0.3, 0.4) is 0 Å². The minimum absolute atomic E-state index is 0.116. The van der Waals surface area contributed by atoms with E-state index in [4.69, 9.17) is 4.74 Å². The SMILES string of the molecule is CCC1CN(C(=O)c2sccc2-n2cccc2)CCO1. The van der Waals surface area contributed by atoms with E-state index in [0.717, 1.165) is 17.0 Å². The van der Waals surface area contributed by atoms with Crippen LogP contribution in [-0.2, 0) is 4.74 Å². The van der Waals surface area contributed by atoms with Crippen LogP contribution in [-0.4, -0.2) is 41.2 Å². The van der Waals surface area contributed by atoms with E-state index < -0.39 is 0 Å². The number of aromatic nitrogens is 1. The molecule has 1 atom stereocenters. The maximum atomic E-state index is 12.7. The number of morpholine rings is 1. The number of amides is 1. The summed E-state index contributed by atoms with van der Waals surface area (Å²) in [4.78, 5) is 15.4. The summed E-state index contributed by atoms with van der Waals surface area (Å²) in [6, 6.07) is 5.93. The number of rotatable bonds is 3. The second-order valence-corrected chi connectivity index (χ2v) is 5.79. The zero-order valence-corrected chi connectivity index (χ0v) is 12.3. The lowest BCUT2D eigenvalue weighted by atomic mass is 10.2. The molecule has 1 aliphatic rings. The van der Waals surface area contributed by atoms with Gasteiger partial charge >= 0.3 is 0 Å². The van der Waals surface area contributed by atoms with Crippen molar-refractivity contribution in [1.82, 2.24) is 9.47 Å². The highest BCUT2D eigenvalue weighted by Crippen LogP contribution is 2.24. The molecule has 1 saturated heterocycles. The Labute approximate surface area is 122 Å². The van der Waals surface area contributed by atoms with E-state index in [2.05, 4.69) is 6.92 Å². The molecule has 0 bridgehead atoms. The summed E-state index contributed by atoms with van der Waals surface area (Å²) in [7, 11) is 0. The lowest BCUT2D eigenvalue weighted by Crippen LogP contribution is -2.45. The summed E-state index contributed by atoms with van der Waals surface area (Å²) in [6.45, 7) is 4.10. The number of hydrogen-bond acceptors (Lipinski definition) is 3. The summed E-state index contributed by atoms with van der Waals surface area (Å²) in [5.41, 5.74) is 0.963. The third kappa shape index (κ3) is 2.51. The van der Waals surface area contributed by atoms with Crippen molar-refractivity contribution in [2.24, 2.45) is 0 Å². The minimum Gasteiger partial charge on any atom is -0.375 e. The Morgan fingerprint density at radius 1 is 1.45 bits per heavy atom. The van der Waals surface area contributed by atoms with Gasteiger partial charge in [-0.3, -0.25) is 4.79 Å². The van der Waals surface area contributed by atoms with Crippen LogP contribution < -0.4 is 0 Å². The highest BCUT2D eigenvalue weighted by atomic mass is 32.1. The van der Waals surface area contributed by atoms with Crippen molar-refractivity contribution in [3.63, 3.8) is 0 Å². The van der Waals surface area contributed by atoms with Crippen molar-refractivity contribution < 1.29 is 9.53 Å². The number of hydrogen-bond donors (Lipinski definition) is 0. The Balaban J connectivity index is 1.83. The molecule has 0 N–H and O–H groups in total. The van der Waals surface area contributed by atoms with E-state index in [1.165, 1.54) is 11.3 Å². The molecular weight excluding hydrogens is 272 g/mol. The molecular formula is C15H18N2O2S. The first-order chi connectivity index (χ1) is 9.79. The van der Waals surface area contributed by atoms with Crippen molar-refractivity contribution in [2.45, 2.75) is 19.4 Å². The zero-order chi connectivity index (χ0) is 13.9. The minimum atomic E-state index is 0.116. The molecule has 1 unspecified atom stereocenters. The molecule has 3 rings (SSSR count). The van der Waals surface area contributed by atoms with Crippen LogP contribution in [0.5, 0.6) is 0 Å². The molecule has 0 aromatic carbocycles. The third-order valence-corrected chi connectivity index (χ3v) is 4.49. The van der Waals surface area contributed by atoms with E-state index in [0.29, 0.717) is 19.7 Å². The number of nitrogens with zero attached hydrogens (tertiary/aromatic N) is 2. The maximum Gasteiger partial charge on any atom is 0.266 e. The molecule has 106 valence electrons. The van der Waals surface area contributed by atoms with Crippen LogP contribution in [0.15, 0.2) is 36.0 Å². The maximum absolute atomic E-state index is 12.7. The molecule has 0 saturated carbocycles. The Hall–Kier alpha value is -1.59. The smallest absolute Gasteiger partial charge is 0.266 e. The molecule has 0 aliphatic carbocycles. The van der Waals surface area contributed by atoms with Gasteiger partial charge in [0.1, 0.15) is 4.88 Å². The lowest BCUT2D eigenvalue weighted by Gasteiger charge is -2.32. The van der Waals surface area contributed by atoms with Gasteiger partial charge in [0.05, 0.1) is 18.4 Å². The van der Waals surface area contributed by atoms with Gasteiger partial charge in [-0.1, -0.05) is 6.92 Å². The summed E-state index contributed by atoms with van der Waals surface area (Å²) in [5.74, 6) is 0.116. The van der Waals surface area contributed by atoms with Crippen LogP contribution in [0.2, 0.25) is 0 Å². The largest absolute Gasteiger partial charge is 0.375 e. The van der Waals surface area contributed by atoms with Crippen molar-refractivity contribution in [3.8, 4) is 5.69 Å². The van der Waals surface area contributed by atoms with Crippen LogP contribution in [0.1, 0.15) is 23.0 Å². The normalized spacial score (nSPS) is 19.2. The fourth-order valence-corrected chi connectivity index (χ4v) is 3.31. The molecule has 0 radical (unpaired) electrons. The van der Waals surface area contributed by atoms with Crippen molar-refractivity contribution >= 4 is 17.2 Å². The van der Waals surface area contributed by atoms with Crippen LogP contribution in [0.4, 0.5) is 0 Å². The van der Waals surface area contributed by atoms with Crippen molar-refractivity contribution in [3.05, 3.63) is 40.8 Å². The van der Waals surface area contributed by atoms with Gasteiger partial charge in [-0.05, 0) is 30.0 Å². The Morgan fingerprint density at radius 3 is 3.00 bits per heavy atom. The molecule has 1 amide bonds. The highest BCUT2D eigenvalue weighted by molar-refractivity contribution is 7.12. The first kappa shape index (κ1) is 13.4. The van der Waals surface area contributed by atoms with E-state index >= 15 is 0 Å². The van der Waals surface area contributed by atoms with E-state index in [1.807, 2.05) is 45.4 Å². The monoisotopic (exact) mass is 290 g/mol. The quantitative estimate of drug-likeness (QED) is 0.871. The van der Waals surface area contributed by atoms with Crippen LogP contribution >= 0.6 is 11.3 Å². The predicted molar refractivity (Wildman–Crippen MR) is 79.6 cm³/mol. The Bertz CT molecular complexity index is 576. The summed E-state index contributed by atoms with van der Waals surface area (Å²) in [6.07, 6.45) is 5.04. The van der Waals surface area contributed by atoms with Gasteiger partial charge in [0.2, 0.25) is 0 Å². The molecule has 20 heavy (non-hydrogen) atoms. The van der Waals surface area contributed by atoms with Gasteiger partial charge in [-0.2, -0.15) is 0 Å². The van der Waals surface area contributed by atoms with Crippen molar-refractivity contribution in [2.75, 3.05) is 19.7 Å². The second-order valence-electron chi connectivity index (χ2n) is 4.88. The molecule has 1 aliphatic heterocycles. The molecule has 5 heteroatoms. The molecule has 4 nitrogen and oxygen atoms in total. The molecule has 2 aromatic heterocycles. The van der Waals surface area contributed by atoms with Gasteiger partial charge < -0.3 is 14.2 Å². The first-order valence-corrected chi connectivity index (χ1v) is 7.79. The topological polar surface area (TPSA) is 34.5 Å². The van der Waals surface area contributed by atoms with Gasteiger partial charge in [0.15, 0.2) is 0 Å². The van der Waals surface area contributed by atoms with E-state index in [9.17, 15) is 4.79 Å².